The van der Waals surface area contributed by atoms with Crippen LogP contribution in [0.1, 0.15) is 32.6 Å². The molecule has 2 aliphatic rings. The zero-order chi connectivity index (χ0) is 13.9. The lowest BCUT2D eigenvalue weighted by Crippen LogP contribution is -2.40. The second-order valence-electron chi connectivity index (χ2n) is 5.66. The van der Waals surface area contributed by atoms with Crippen LogP contribution in [0.5, 0.6) is 0 Å². The number of hydrogen-bond donors (Lipinski definition) is 2. The summed E-state index contributed by atoms with van der Waals surface area (Å²) >= 11 is 0. The second kappa shape index (κ2) is 5.83. The third-order valence-corrected chi connectivity index (χ3v) is 3.75. The van der Waals surface area contributed by atoms with Gasteiger partial charge in [-0.05, 0) is 32.6 Å². The Morgan fingerprint density at radius 3 is 2.95 bits per heavy atom. The highest BCUT2D eigenvalue weighted by molar-refractivity contribution is 5.76. The summed E-state index contributed by atoms with van der Waals surface area (Å²) in [5.74, 6) is 0.0437. The van der Waals surface area contributed by atoms with Crippen molar-refractivity contribution in [1.29, 1.82) is 0 Å². The molecule has 2 aliphatic carbocycles. The maximum absolute atomic E-state index is 11.7. The number of nitrogens with one attached hydrogen (secondary N) is 2. The lowest BCUT2D eigenvalue weighted by molar-refractivity contribution is -0.122. The fourth-order valence-corrected chi connectivity index (χ4v) is 2.46. The normalized spacial score (nSPS) is 25.1. The molecular weight excluding hydrogens is 256 g/mol. The Morgan fingerprint density at radius 2 is 2.25 bits per heavy atom. The predicted molar refractivity (Wildman–Crippen MR) is 75.5 cm³/mol. The van der Waals surface area contributed by atoms with Crippen molar-refractivity contribution in [2.24, 2.45) is 0 Å². The summed E-state index contributed by atoms with van der Waals surface area (Å²) in [5.41, 5.74) is 0.976. The first-order chi connectivity index (χ1) is 9.72. The summed E-state index contributed by atoms with van der Waals surface area (Å²) in [4.78, 5) is 11.7. The van der Waals surface area contributed by atoms with Gasteiger partial charge in [0.1, 0.15) is 6.54 Å². The van der Waals surface area contributed by atoms with Crippen molar-refractivity contribution in [3.05, 3.63) is 12.4 Å². The minimum atomic E-state index is 0.0437. The lowest BCUT2D eigenvalue weighted by Gasteiger charge is -2.35. The average Bonchev–Trinajstić information content (AvgIpc) is 3.06. The van der Waals surface area contributed by atoms with Gasteiger partial charge < -0.3 is 15.4 Å². The van der Waals surface area contributed by atoms with Crippen molar-refractivity contribution in [1.82, 2.24) is 15.1 Å². The Labute approximate surface area is 118 Å². The smallest absolute Gasteiger partial charge is 0.241 e. The summed E-state index contributed by atoms with van der Waals surface area (Å²) in [7, 11) is 0. The molecule has 1 aromatic rings. The molecule has 20 heavy (non-hydrogen) atoms. The fraction of sp³-hybridized carbons (Fsp3) is 0.714. The molecular formula is C14H22N4O2. The molecule has 0 bridgehead atoms. The lowest BCUT2D eigenvalue weighted by atomic mass is 9.89. The first-order valence-electron chi connectivity index (χ1n) is 7.43. The Kier molecular flexibility index (Phi) is 3.91. The minimum absolute atomic E-state index is 0.0437. The van der Waals surface area contributed by atoms with E-state index in [1.807, 2.05) is 13.1 Å². The molecule has 0 saturated heterocycles. The highest BCUT2D eigenvalue weighted by atomic mass is 16.5. The monoisotopic (exact) mass is 278 g/mol. The van der Waals surface area contributed by atoms with Gasteiger partial charge in [-0.2, -0.15) is 5.10 Å². The van der Waals surface area contributed by atoms with Gasteiger partial charge in [0.15, 0.2) is 0 Å². The van der Waals surface area contributed by atoms with E-state index in [1.54, 1.807) is 10.9 Å². The van der Waals surface area contributed by atoms with E-state index in [4.69, 9.17) is 4.74 Å². The van der Waals surface area contributed by atoms with Crippen LogP contribution in [0.4, 0.5) is 5.69 Å². The van der Waals surface area contributed by atoms with E-state index in [-0.39, 0.29) is 5.91 Å². The van der Waals surface area contributed by atoms with Crippen LogP contribution in [0, 0.1) is 0 Å². The van der Waals surface area contributed by atoms with Gasteiger partial charge in [0.25, 0.3) is 0 Å². The Bertz CT molecular complexity index is 463. The van der Waals surface area contributed by atoms with Crippen molar-refractivity contribution >= 4 is 11.6 Å². The molecule has 2 N–H and O–H groups in total. The molecule has 1 amide bonds. The van der Waals surface area contributed by atoms with Gasteiger partial charge in [0, 0.05) is 24.9 Å². The molecule has 110 valence electrons. The maximum atomic E-state index is 11.7. The number of hydrogen-bond acceptors (Lipinski definition) is 4. The Morgan fingerprint density at radius 1 is 1.45 bits per heavy atom. The molecule has 0 atom stereocenters. The Balaban J connectivity index is 1.41. The number of ether oxygens (including phenoxy) is 1. The molecule has 3 rings (SSSR count). The van der Waals surface area contributed by atoms with Crippen LogP contribution in [0.15, 0.2) is 12.4 Å². The minimum Gasteiger partial charge on any atom is -0.380 e. The molecule has 6 nitrogen and oxygen atoms in total. The average molecular weight is 278 g/mol. The molecule has 6 heteroatoms. The molecule has 0 aromatic carbocycles. The third kappa shape index (κ3) is 3.50. The van der Waals surface area contributed by atoms with E-state index in [0.717, 1.165) is 38.0 Å². The predicted octanol–water partition coefficient (Wildman–Crippen LogP) is 1.14. The number of anilines is 1. The number of carbonyl (C=O) groups excluding carboxylic acids is 1. The van der Waals surface area contributed by atoms with E-state index >= 15 is 0 Å². The van der Waals surface area contributed by atoms with Gasteiger partial charge in [-0.25, -0.2) is 0 Å². The fourth-order valence-electron chi connectivity index (χ4n) is 2.46. The molecule has 0 aliphatic heterocycles. The molecule has 0 unspecified atom stereocenters. The zero-order valence-corrected chi connectivity index (χ0v) is 11.8. The maximum Gasteiger partial charge on any atom is 0.241 e. The summed E-state index contributed by atoms with van der Waals surface area (Å²) < 4.78 is 7.21. The summed E-state index contributed by atoms with van der Waals surface area (Å²) in [5, 5.41) is 10.6. The number of rotatable bonds is 7. The van der Waals surface area contributed by atoms with E-state index in [1.165, 1.54) is 0 Å². The van der Waals surface area contributed by atoms with Gasteiger partial charge in [-0.1, -0.05) is 0 Å². The van der Waals surface area contributed by atoms with Gasteiger partial charge in [0.2, 0.25) is 5.91 Å². The first-order valence-corrected chi connectivity index (χ1v) is 7.43. The number of nitrogens with zero attached hydrogens (tertiary/aromatic N) is 2. The highest BCUT2D eigenvalue weighted by Gasteiger charge is 2.29. The van der Waals surface area contributed by atoms with Gasteiger partial charge >= 0.3 is 0 Å². The van der Waals surface area contributed by atoms with Crippen LogP contribution in [-0.4, -0.2) is 40.5 Å². The van der Waals surface area contributed by atoms with Crippen LogP contribution in [0.25, 0.3) is 0 Å². The molecule has 2 fully saturated rings. The summed E-state index contributed by atoms with van der Waals surface area (Å²) in [6.07, 6.45) is 8.37. The standard InChI is InChI=1S/C14H22N4O2/c1-2-20-13-5-11(6-13)16-12-7-15-18(8-12)9-14(19)17-10-3-4-10/h7-8,10-11,13,16H,2-6,9H2,1H3,(H,17,19). The largest absolute Gasteiger partial charge is 0.380 e. The van der Waals surface area contributed by atoms with Gasteiger partial charge in [0.05, 0.1) is 18.0 Å². The third-order valence-electron chi connectivity index (χ3n) is 3.75. The SMILES string of the molecule is CCOC1CC(Nc2cnn(CC(=O)NC3CC3)c2)C1. The van der Waals surface area contributed by atoms with Crippen molar-refractivity contribution < 1.29 is 9.53 Å². The topological polar surface area (TPSA) is 68.2 Å². The van der Waals surface area contributed by atoms with E-state index in [2.05, 4.69) is 15.7 Å². The van der Waals surface area contributed by atoms with Crippen LogP contribution in [0.2, 0.25) is 0 Å². The highest BCUT2D eigenvalue weighted by Crippen LogP contribution is 2.26. The number of aromatic nitrogens is 2. The zero-order valence-electron chi connectivity index (χ0n) is 11.8. The van der Waals surface area contributed by atoms with Crippen molar-refractivity contribution in [3.63, 3.8) is 0 Å². The van der Waals surface area contributed by atoms with Crippen LogP contribution >= 0.6 is 0 Å². The molecule has 0 radical (unpaired) electrons. The molecule has 0 spiro atoms. The summed E-state index contributed by atoms with van der Waals surface area (Å²) in [6.45, 7) is 3.10. The van der Waals surface area contributed by atoms with Crippen LogP contribution < -0.4 is 10.6 Å². The van der Waals surface area contributed by atoms with Crippen LogP contribution in [0.3, 0.4) is 0 Å². The molecule has 1 heterocycles. The van der Waals surface area contributed by atoms with Gasteiger partial charge in [-0.3, -0.25) is 9.48 Å². The van der Waals surface area contributed by atoms with Crippen molar-refractivity contribution in [2.45, 2.75) is 57.3 Å². The van der Waals surface area contributed by atoms with E-state index in [0.29, 0.717) is 24.7 Å². The molecule has 1 aromatic heterocycles. The molecule has 2 saturated carbocycles. The second-order valence-corrected chi connectivity index (χ2v) is 5.66. The summed E-state index contributed by atoms with van der Waals surface area (Å²) in [6, 6.07) is 0.866. The van der Waals surface area contributed by atoms with Gasteiger partial charge in [-0.15, -0.1) is 0 Å². The number of amides is 1. The van der Waals surface area contributed by atoms with E-state index in [9.17, 15) is 4.79 Å². The quantitative estimate of drug-likeness (QED) is 0.785. The first kappa shape index (κ1) is 13.4. The number of carbonyl (C=O) groups is 1. The van der Waals surface area contributed by atoms with Crippen molar-refractivity contribution in [2.75, 3.05) is 11.9 Å². The Hall–Kier alpha value is -1.56. The van der Waals surface area contributed by atoms with E-state index < -0.39 is 0 Å². The van der Waals surface area contributed by atoms with Crippen LogP contribution in [-0.2, 0) is 16.1 Å². The van der Waals surface area contributed by atoms with Crippen molar-refractivity contribution in [3.8, 4) is 0 Å².